The van der Waals surface area contributed by atoms with Crippen molar-refractivity contribution in [2.75, 3.05) is 31.6 Å². The molecule has 0 spiro atoms. The summed E-state index contributed by atoms with van der Waals surface area (Å²) in [5.41, 5.74) is 5.56. The molecule has 2 amide bonds. The van der Waals surface area contributed by atoms with E-state index in [1.807, 2.05) is 48.5 Å². The summed E-state index contributed by atoms with van der Waals surface area (Å²) in [6, 6.07) is 23.7. The molecule has 0 aliphatic carbocycles. The number of nitrogens with one attached hydrogen (secondary N) is 3. The van der Waals surface area contributed by atoms with Gasteiger partial charge in [-0.15, -0.1) is 0 Å². The Balaban J connectivity index is 1.25. The molecule has 1 aromatic heterocycles. The van der Waals surface area contributed by atoms with Crippen LogP contribution in [0.4, 0.5) is 10.5 Å². The van der Waals surface area contributed by atoms with E-state index in [1.165, 1.54) is 11.3 Å². The lowest BCUT2D eigenvalue weighted by Gasteiger charge is -2.21. The van der Waals surface area contributed by atoms with Crippen molar-refractivity contribution in [3.63, 3.8) is 0 Å². The minimum Gasteiger partial charge on any atom is -0.497 e. The molecule has 0 bridgehead atoms. The van der Waals surface area contributed by atoms with Crippen molar-refractivity contribution >= 4 is 22.8 Å². The molecule has 1 aliphatic rings. The number of hydrogen-bond donors (Lipinski definition) is 3. The number of amides is 2. The summed E-state index contributed by atoms with van der Waals surface area (Å²) in [4.78, 5) is 23.3. The van der Waals surface area contributed by atoms with Crippen LogP contribution in [0.3, 0.4) is 0 Å². The number of H-pyrrole nitrogens is 1. The van der Waals surface area contributed by atoms with Crippen LogP contribution in [0, 0.1) is 0 Å². The van der Waals surface area contributed by atoms with Crippen molar-refractivity contribution in [1.82, 2.24) is 20.6 Å². The van der Waals surface area contributed by atoms with Crippen molar-refractivity contribution in [2.24, 2.45) is 0 Å². The van der Waals surface area contributed by atoms with E-state index in [4.69, 9.17) is 9.72 Å². The average Bonchev–Trinajstić information content (AvgIpc) is 3.49. The molecule has 5 rings (SSSR count). The molecule has 1 atom stereocenters. The van der Waals surface area contributed by atoms with Gasteiger partial charge in [-0.2, -0.15) is 0 Å². The standard InChI is InChI=1S/C27H29N5O2/c1-34-21-12-10-19(11-13-21)18-24(26-29-22-7-3-4-8-23(22)30-26)31-27(33)28-15-17-32-16-14-20-6-2-5-9-25(20)32/h2-13,24H,14-18H2,1H3,(H,29,30)(H2,28,31,33). The van der Waals surface area contributed by atoms with Crippen LogP contribution in [0.5, 0.6) is 5.75 Å². The maximum Gasteiger partial charge on any atom is 0.315 e. The van der Waals surface area contributed by atoms with E-state index in [0.29, 0.717) is 13.0 Å². The molecule has 0 fully saturated rings. The van der Waals surface area contributed by atoms with E-state index < -0.39 is 0 Å². The van der Waals surface area contributed by atoms with Gasteiger partial charge in [0.1, 0.15) is 11.6 Å². The molecule has 3 aromatic carbocycles. The minimum atomic E-state index is -0.298. The van der Waals surface area contributed by atoms with Gasteiger partial charge in [0.2, 0.25) is 0 Å². The molecular formula is C27H29N5O2. The molecule has 34 heavy (non-hydrogen) atoms. The SMILES string of the molecule is COc1ccc(CC(NC(=O)NCCN2CCc3ccccc32)c2nc3ccccc3[nH]2)cc1. The highest BCUT2D eigenvalue weighted by molar-refractivity contribution is 5.76. The van der Waals surface area contributed by atoms with E-state index >= 15 is 0 Å². The van der Waals surface area contributed by atoms with Crippen LogP contribution in [0.15, 0.2) is 72.8 Å². The molecule has 0 saturated heterocycles. The van der Waals surface area contributed by atoms with Gasteiger partial charge in [-0.05, 0) is 54.3 Å². The third-order valence-corrected chi connectivity index (χ3v) is 6.29. The van der Waals surface area contributed by atoms with E-state index in [0.717, 1.165) is 47.7 Å². The summed E-state index contributed by atoms with van der Waals surface area (Å²) in [5, 5.41) is 6.15. The maximum absolute atomic E-state index is 12.8. The third-order valence-electron chi connectivity index (χ3n) is 6.29. The largest absolute Gasteiger partial charge is 0.497 e. The number of rotatable bonds is 8. The number of aromatic nitrogens is 2. The zero-order valence-corrected chi connectivity index (χ0v) is 19.3. The lowest BCUT2D eigenvalue weighted by atomic mass is 10.1. The van der Waals surface area contributed by atoms with Gasteiger partial charge in [-0.3, -0.25) is 0 Å². The van der Waals surface area contributed by atoms with E-state index in [1.54, 1.807) is 7.11 Å². The van der Waals surface area contributed by atoms with Crippen LogP contribution < -0.4 is 20.3 Å². The topological polar surface area (TPSA) is 82.3 Å². The minimum absolute atomic E-state index is 0.202. The van der Waals surface area contributed by atoms with Crippen LogP contribution in [0.2, 0.25) is 0 Å². The predicted molar refractivity (Wildman–Crippen MR) is 134 cm³/mol. The molecule has 7 heteroatoms. The number of carbonyl (C=O) groups excluding carboxylic acids is 1. The monoisotopic (exact) mass is 455 g/mol. The number of nitrogens with zero attached hydrogens (tertiary/aromatic N) is 2. The van der Waals surface area contributed by atoms with Gasteiger partial charge in [0.15, 0.2) is 0 Å². The fourth-order valence-electron chi connectivity index (χ4n) is 4.50. The lowest BCUT2D eigenvalue weighted by Crippen LogP contribution is -2.42. The predicted octanol–water partition coefficient (Wildman–Crippen LogP) is 4.22. The number of methoxy groups -OCH3 is 1. The van der Waals surface area contributed by atoms with E-state index in [2.05, 4.69) is 44.8 Å². The number of urea groups is 1. The van der Waals surface area contributed by atoms with E-state index in [9.17, 15) is 4.79 Å². The summed E-state index contributed by atoms with van der Waals surface area (Å²) in [5.74, 6) is 1.54. The first-order chi connectivity index (χ1) is 16.7. The molecule has 0 saturated carbocycles. The Morgan fingerprint density at radius 2 is 1.88 bits per heavy atom. The Labute approximate surface area is 199 Å². The second kappa shape index (κ2) is 9.87. The molecule has 7 nitrogen and oxygen atoms in total. The first-order valence-corrected chi connectivity index (χ1v) is 11.6. The number of para-hydroxylation sites is 3. The normalized spacial score (nSPS) is 13.5. The van der Waals surface area contributed by atoms with Gasteiger partial charge in [0.05, 0.1) is 24.2 Å². The van der Waals surface area contributed by atoms with Crippen LogP contribution in [-0.2, 0) is 12.8 Å². The van der Waals surface area contributed by atoms with Crippen molar-refractivity contribution in [1.29, 1.82) is 0 Å². The number of anilines is 1. The summed E-state index contributed by atoms with van der Waals surface area (Å²) >= 11 is 0. The lowest BCUT2D eigenvalue weighted by molar-refractivity contribution is 0.236. The van der Waals surface area contributed by atoms with Crippen LogP contribution in [-0.4, -0.2) is 42.7 Å². The zero-order valence-electron chi connectivity index (χ0n) is 19.3. The Kier molecular flexibility index (Phi) is 6.33. The maximum atomic E-state index is 12.8. The third kappa shape index (κ3) is 4.83. The fourth-order valence-corrected chi connectivity index (χ4v) is 4.50. The highest BCUT2D eigenvalue weighted by Gasteiger charge is 2.21. The fraction of sp³-hybridized carbons (Fsp3) is 0.259. The number of imidazole rings is 1. The van der Waals surface area contributed by atoms with Crippen molar-refractivity contribution in [2.45, 2.75) is 18.9 Å². The molecule has 174 valence electrons. The van der Waals surface area contributed by atoms with Crippen LogP contribution >= 0.6 is 0 Å². The molecule has 2 heterocycles. The molecule has 1 unspecified atom stereocenters. The summed E-state index contributed by atoms with van der Waals surface area (Å²) < 4.78 is 5.27. The highest BCUT2D eigenvalue weighted by atomic mass is 16.5. The van der Waals surface area contributed by atoms with Gasteiger partial charge in [-0.25, -0.2) is 9.78 Å². The Bertz CT molecular complexity index is 1230. The number of benzene rings is 3. The van der Waals surface area contributed by atoms with Gasteiger partial charge in [0, 0.05) is 25.3 Å². The van der Waals surface area contributed by atoms with Crippen molar-refractivity contribution in [3.05, 3.63) is 89.7 Å². The van der Waals surface area contributed by atoms with Crippen LogP contribution in [0.1, 0.15) is 23.0 Å². The Hall–Kier alpha value is -4.00. The number of aromatic amines is 1. The molecule has 4 aromatic rings. The van der Waals surface area contributed by atoms with Crippen molar-refractivity contribution in [3.8, 4) is 5.75 Å². The van der Waals surface area contributed by atoms with Gasteiger partial charge in [-0.1, -0.05) is 42.5 Å². The van der Waals surface area contributed by atoms with Gasteiger partial charge < -0.3 is 25.3 Å². The molecular weight excluding hydrogens is 426 g/mol. The Morgan fingerprint density at radius 1 is 1.09 bits per heavy atom. The summed E-state index contributed by atoms with van der Waals surface area (Å²) in [6.07, 6.45) is 1.66. The van der Waals surface area contributed by atoms with Gasteiger partial charge >= 0.3 is 6.03 Å². The summed E-state index contributed by atoms with van der Waals surface area (Å²) in [7, 11) is 1.65. The number of fused-ring (bicyclic) bond motifs is 2. The van der Waals surface area contributed by atoms with Crippen LogP contribution in [0.25, 0.3) is 11.0 Å². The first-order valence-electron chi connectivity index (χ1n) is 11.6. The summed E-state index contributed by atoms with van der Waals surface area (Å²) in [6.45, 7) is 2.33. The molecule has 3 N–H and O–H groups in total. The van der Waals surface area contributed by atoms with Gasteiger partial charge in [0.25, 0.3) is 0 Å². The molecule has 1 aliphatic heterocycles. The number of carbonyl (C=O) groups is 1. The quantitative estimate of drug-likeness (QED) is 0.372. The Morgan fingerprint density at radius 3 is 2.71 bits per heavy atom. The van der Waals surface area contributed by atoms with E-state index in [-0.39, 0.29) is 12.1 Å². The number of hydrogen-bond acceptors (Lipinski definition) is 4. The van der Waals surface area contributed by atoms with Crippen molar-refractivity contribution < 1.29 is 9.53 Å². The zero-order chi connectivity index (χ0) is 23.3. The first kappa shape index (κ1) is 21.8. The average molecular weight is 456 g/mol. The highest BCUT2D eigenvalue weighted by Crippen LogP contribution is 2.26. The second-order valence-electron chi connectivity index (χ2n) is 8.51. The molecule has 0 radical (unpaired) electrons. The second-order valence-corrected chi connectivity index (χ2v) is 8.51. The number of ether oxygens (including phenoxy) is 1. The smallest absolute Gasteiger partial charge is 0.315 e.